The first kappa shape index (κ1) is 18.1. The van der Waals surface area contributed by atoms with Gasteiger partial charge >= 0.3 is 0 Å². The molecule has 0 bridgehead atoms. The van der Waals surface area contributed by atoms with Crippen LogP contribution in [0, 0.1) is 5.92 Å². The lowest BCUT2D eigenvalue weighted by atomic mass is 9.96. The Morgan fingerprint density at radius 1 is 1.29 bits per heavy atom. The first-order valence-corrected chi connectivity index (χ1v) is 9.25. The van der Waals surface area contributed by atoms with Gasteiger partial charge < -0.3 is 24.7 Å². The molecule has 2 aromatic rings. The summed E-state index contributed by atoms with van der Waals surface area (Å²) < 4.78 is 10.5. The SMILES string of the molecule is C[C@H]1Oc2ccc(NC(=O)[C@@H]3CCCN(C(=O)c4ccoc4)C3)cc2NC1=O. The number of furan rings is 1. The highest BCUT2D eigenvalue weighted by Gasteiger charge is 2.30. The van der Waals surface area contributed by atoms with Crippen LogP contribution in [0.1, 0.15) is 30.1 Å². The minimum absolute atomic E-state index is 0.131. The number of ether oxygens (including phenoxy) is 1. The Morgan fingerprint density at radius 3 is 2.93 bits per heavy atom. The predicted molar refractivity (Wildman–Crippen MR) is 101 cm³/mol. The van der Waals surface area contributed by atoms with Crippen LogP contribution in [0.4, 0.5) is 11.4 Å². The number of carbonyl (C=O) groups is 3. The van der Waals surface area contributed by atoms with Gasteiger partial charge in [-0.25, -0.2) is 0 Å². The molecule has 1 fully saturated rings. The number of fused-ring (bicyclic) bond motifs is 1. The van der Waals surface area contributed by atoms with Crippen molar-refractivity contribution in [2.45, 2.75) is 25.9 Å². The molecule has 1 aromatic carbocycles. The zero-order valence-electron chi connectivity index (χ0n) is 15.4. The first-order valence-electron chi connectivity index (χ1n) is 9.25. The smallest absolute Gasteiger partial charge is 0.265 e. The lowest BCUT2D eigenvalue weighted by Crippen LogP contribution is -2.43. The molecule has 4 rings (SSSR count). The van der Waals surface area contributed by atoms with Crippen molar-refractivity contribution in [3.63, 3.8) is 0 Å². The van der Waals surface area contributed by atoms with Crippen LogP contribution in [0.25, 0.3) is 0 Å². The zero-order valence-corrected chi connectivity index (χ0v) is 15.4. The van der Waals surface area contributed by atoms with E-state index in [2.05, 4.69) is 10.6 Å². The van der Waals surface area contributed by atoms with E-state index in [4.69, 9.17) is 9.15 Å². The van der Waals surface area contributed by atoms with Crippen LogP contribution in [-0.4, -0.2) is 41.8 Å². The summed E-state index contributed by atoms with van der Waals surface area (Å²) >= 11 is 0. The molecule has 1 saturated heterocycles. The summed E-state index contributed by atoms with van der Waals surface area (Å²) in [4.78, 5) is 38.7. The summed E-state index contributed by atoms with van der Waals surface area (Å²) in [6.45, 7) is 2.65. The topological polar surface area (TPSA) is 101 Å². The average Bonchev–Trinajstić information content (AvgIpc) is 3.23. The maximum Gasteiger partial charge on any atom is 0.265 e. The third kappa shape index (κ3) is 3.58. The first-order chi connectivity index (χ1) is 13.5. The molecular weight excluding hydrogens is 362 g/mol. The molecule has 2 atom stereocenters. The molecule has 0 aliphatic carbocycles. The second-order valence-corrected chi connectivity index (χ2v) is 7.05. The number of amides is 3. The molecule has 0 spiro atoms. The largest absolute Gasteiger partial charge is 0.479 e. The van der Waals surface area contributed by atoms with E-state index in [0.717, 1.165) is 6.42 Å². The van der Waals surface area contributed by atoms with E-state index in [1.165, 1.54) is 12.5 Å². The summed E-state index contributed by atoms with van der Waals surface area (Å²) in [5.41, 5.74) is 1.59. The Bertz CT molecular complexity index is 909. The van der Waals surface area contributed by atoms with E-state index in [1.54, 1.807) is 36.1 Å². The van der Waals surface area contributed by atoms with E-state index in [0.29, 0.717) is 42.2 Å². The number of hydrogen-bond donors (Lipinski definition) is 2. The Kier molecular flexibility index (Phi) is 4.77. The average molecular weight is 383 g/mol. The van der Waals surface area contributed by atoms with Crippen molar-refractivity contribution in [2.24, 2.45) is 5.92 Å². The summed E-state index contributed by atoms with van der Waals surface area (Å²) in [7, 11) is 0. The molecule has 3 heterocycles. The van der Waals surface area contributed by atoms with E-state index in [-0.39, 0.29) is 23.6 Å². The zero-order chi connectivity index (χ0) is 19.7. The fourth-order valence-electron chi connectivity index (χ4n) is 3.48. The van der Waals surface area contributed by atoms with Gasteiger partial charge in [0, 0.05) is 18.8 Å². The van der Waals surface area contributed by atoms with Crippen molar-refractivity contribution >= 4 is 29.1 Å². The molecule has 2 aliphatic rings. The van der Waals surface area contributed by atoms with Crippen LogP contribution < -0.4 is 15.4 Å². The normalized spacial score (nSPS) is 21.3. The van der Waals surface area contributed by atoms with E-state index >= 15 is 0 Å². The molecule has 2 N–H and O–H groups in total. The molecule has 2 aliphatic heterocycles. The van der Waals surface area contributed by atoms with Crippen LogP contribution in [0.3, 0.4) is 0 Å². The van der Waals surface area contributed by atoms with Gasteiger partial charge in [0.15, 0.2) is 6.10 Å². The molecule has 146 valence electrons. The Hall–Kier alpha value is -3.29. The maximum atomic E-state index is 12.7. The number of piperidine rings is 1. The van der Waals surface area contributed by atoms with Crippen molar-refractivity contribution in [1.29, 1.82) is 0 Å². The van der Waals surface area contributed by atoms with Gasteiger partial charge in [-0.3, -0.25) is 14.4 Å². The Balaban J connectivity index is 1.41. The van der Waals surface area contributed by atoms with Crippen LogP contribution in [-0.2, 0) is 9.59 Å². The molecule has 8 heteroatoms. The summed E-state index contributed by atoms with van der Waals surface area (Å²) in [6.07, 6.45) is 3.79. The van der Waals surface area contributed by atoms with Crippen LogP contribution >= 0.6 is 0 Å². The van der Waals surface area contributed by atoms with Crippen LogP contribution in [0.15, 0.2) is 41.2 Å². The van der Waals surface area contributed by atoms with E-state index in [9.17, 15) is 14.4 Å². The molecule has 0 saturated carbocycles. The minimum Gasteiger partial charge on any atom is -0.479 e. The number of nitrogens with one attached hydrogen (secondary N) is 2. The number of carbonyl (C=O) groups excluding carboxylic acids is 3. The van der Waals surface area contributed by atoms with Crippen LogP contribution in [0.5, 0.6) is 5.75 Å². The van der Waals surface area contributed by atoms with Gasteiger partial charge in [-0.2, -0.15) is 0 Å². The van der Waals surface area contributed by atoms with Crippen molar-refractivity contribution in [3.8, 4) is 5.75 Å². The molecule has 3 amide bonds. The summed E-state index contributed by atoms with van der Waals surface area (Å²) in [6, 6.07) is 6.75. The third-order valence-electron chi connectivity index (χ3n) is 5.03. The van der Waals surface area contributed by atoms with Crippen molar-refractivity contribution in [1.82, 2.24) is 4.90 Å². The monoisotopic (exact) mass is 383 g/mol. The number of nitrogens with zero attached hydrogens (tertiary/aromatic N) is 1. The predicted octanol–water partition coefficient (Wildman–Crippen LogP) is 2.49. The Labute approximate surface area is 161 Å². The van der Waals surface area contributed by atoms with E-state index < -0.39 is 6.10 Å². The second kappa shape index (κ2) is 7.38. The number of benzene rings is 1. The van der Waals surface area contributed by atoms with Gasteiger partial charge in [0.2, 0.25) is 5.91 Å². The molecule has 0 unspecified atom stereocenters. The Morgan fingerprint density at radius 2 is 2.14 bits per heavy atom. The fourth-order valence-corrected chi connectivity index (χ4v) is 3.48. The van der Waals surface area contributed by atoms with Gasteiger partial charge in [0.25, 0.3) is 11.8 Å². The minimum atomic E-state index is -0.547. The second-order valence-electron chi connectivity index (χ2n) is 7.05. The van der Waals surface area contributed by atoms with Crippen molar-refractivity contribution in [2.75, 3.05) is 23.7 Å². The third-order valence-corrected chi connectivity index (χ3v) is 5.03. The fraction of sp³-hybridized carbons (Fsp3) is 0.350. The number of hydrogen-bond acceptors (Lipinski definition) is 5. The van der Waals surface area contributed by atoms with Gasteiger partial charge in [-0.05, 0) is 44.0 Å². The quantitative estimate of drug-likeness (QED) is 0.848. The molecule has 8 nitrogen and oxygen atoms in total. The van der Waals surface area contributed by atoms with Crippen molar-refractivity contribution in [3.05, 3.63) is 42.4 Å². The molecule has 1 aromatic heterocycles. The lowest BCUT2D eigenvalue weighted by Gasteiger charge is -2.32. The van der Waals surface area contributed by atoms with Crippen LogP contribution in [0.2, 0.25) is 0 Å². The van der Waals surface area contributed by atoms with Gasteiger partial charge in [-0.1, -0.05) is 0 Å². The maximum absolute atomic E-state index is 12.7. The number of likely N-dealkylation sites (tertiary alicyclic amines) is 1. The molecule has 28 heavy (non-hydrogen) atoms. The summed E-state index contributed by atoms with van der Waals surface area (Å²) in [5, 5.41) is 5.64. The van der Waals surface area contributed by atoms with Gasteiger partial charge in [0.05, 0.1) is 23.4 Å². The number of anilines is 2. The van der Waals surface area contributed by atoms with Gasteiger partial charge in [0.1, 0.15) is 12.0 Å². The number of rotatable bonds is 3. The molecule has 0 radical (unpaired) electrons. The molecular formula is C20H21N3O5. The summed E-state index contributed by atoms with van der Waals surface area (Å²) in [5.74, 6) is -0.238. The van der Waals surface area contributed by atoms with Gasteiger partial charge in [-0.15, -0.1) is 0 Å². The highest BCUT2D eigenvalue weighted by atomic mass is 16.5. The highest BCUT2D eigenvalue weighted by Crippen LogP contribution is 2.32. The lowest BCUT2D eigenvalue weighted by molar-refractivity contribution is -0.123. The standard InChI is InChI=1S/C20H21N3O5/c1-12-18(24)22-16-9-15(4-5-17(16)28-12)21-19(25)13-3-2-7-23(10-13)20(26)14-6-8-27-11-14/h4-6,8-9,11-13H,2-3,7,10H2,1H3,(H,21,25)(H,22,24)/t12-,13-/m1/s1. The highest BCUT2D eigenvalue weighted by molar-refractivity contribution is 6.00. The van der Waals surface area contributed by atoms with E-state index in [1.807, 2.05) is 0 Å². The van der Waals surface area contributed by atoms with Crippen molar-refractivity contribution < 1.29 is 23.5 Å².